The van der Waals surface area contributed by atoms with Crippen molar-refractivity contribution < 1.29 is 22.4 Å². The SMILES string of the molecule is Cc1ccc(C(=O)Nc2cc(N(C)CCN(C)C)c(F)c(C(F)(F)F)c2)cc1-n1cc(-c2cnn(C)c2C)[nH]1. The minimum Gasteiger partial charge on any atom is -0.371 e. The number of likely N-dealkylation sites (N-methyl/N-ethyl adjacent to an activating group) is 2. The van der Waals surface area contributed by atoms with Crippen molar-refractivity contribution in [1.29, 1.82) is 0 Å². The summed E-state index contributed by atoms with van der Waals surface area (Å²) in [6.07, 6.45) is -1.30. The van der Waals surface area contributed by atoms with Crippen LogP contribution in [0.3, 0.4) is 0 Å². The molecule has 2 heterocycles. The van der Waals surface area contributed by atoms with Gasteiger partial charge in [0.15, 0.2) is 5.82 Å². The molecule has 0 saturated carbocycles. The number of carbonyl (C=O) groups excluding carboxylic acids is 1. The molecule has 0 saturated heterocycles. The van der Waals surface area contributed by atoms with Crippen LogP contribution in [-0.2, 0) is 13.2 Å². The fourth-order valence-corrected chi connectivity index (χ4v) is 4.13. The second-order valence-corrected chi connectivity index (χ2v) is 9.83. The van der Waals surface area contributed by atoms with Gasteiger partial charge in [-0.3, -0.25) is 19.3 Å². The summed E-state index contributed by atoms with van der Waals surface area (Å²) in [7, 11) is 6.98. The number of nitrogens with one attached hydrogen (secondary N) is 2. The van der Waals surface area contributed by atoms with E-state index in [0.29, 0.717) is 18.3 Å². The lowest BCUT2D eigenvalue weighted by atomic mass is 10.1. The summed E-state index contributed by atoms with van der Waals surface area (Å²) in [5.74, 6) is -2.00. The molecule has 2 aromatic carbocycles. The average molecular weight is 546 g/mol. The van der Waals surface area contributed by atoms with Crippen LogP contribution in [0.4, 0.5) is 28.9 Å². The summed E-state index contributed by atoms with van der Waals surface area (Å²) in [6, 6.07) is 6.81. The molecule has 2 N–H and O–H groups in total. The van der Waals surface area contributed by atoms with Crippen LogP contribution in [0.5, 0.6) is 0 Å². The molecule has 0 spiro atoms. The van der Waals surface area contributed by atoms with Crippen molar-refractivity contribution in [1.82, 2.24) is 24.5 Å². The molecule has 0 aliphatic carbocycles. The Morgan fingerprint density at radius 1 is 1.10 bits per heavy atom. The number of rotatable bonds is 8. The summed E-state index contributed by atoms with van der Waals surface area (Å²) < 4.78 is 59.4. The highest BCUT2D eigenvalue weighted by atomic mass is 19.4. The number of aromatic amines is 1. The van der Waals surface area contributed by atoms with Gasteiger partial charge in [0, 0.05) is 49.7 Å². The molecule has 0 aliphatic rings. The van der Waals surface area contributed by atoms with E-state index in [0.717, 1.165) is 22.5 Å². The Labute approximate surface area is 223 Å². The quantitative estimate of drug-likeness (QED) is 0.298. The zero-order valence-corrected chi connectivity index (χ0v) is 22.6. The van der Waals surface area contributed by atoms with E-state index in [4.69, 9.17) is 0 Å². The number of amides is 1. The molecule has 208 valence electrons. The van der Waals surface area contributed by atoms with Gasteiger partial charge in [-0.25, -0.2) is 4.39 Å². The fourth-order valence-electron chi connectivity index (χ4n) is 4.13. The lowest BCUT2D eigenvalue weighted by molar-refractivity contribution is -0.139. The number of halogens is 4. The highest BCUT2D eigenvalue weighted by Gasteiger charge is 2.36. The average Bonchev–Trinajstić information content (AvgIpc) is 3.15. The van der Waals surface area contributed by atoms with Gasteiger partial charge in [0.1, 0.15) is 0 Å². The van der Waals surface area contributed by atoms with E-state index < -0.39 is 23.5 Å². The number of nitrogens with zero attached hydrogens (tertiary/aromatic N) is 5. The third-order valence-electron chi connectivity index (χ3n) is 6.67. The van der Waals surface area contributed by atoms with E-state index >= 15 is 0 Å². The summed E-state index contributed by atoms with van der Waals surface area (Å²) in [4.78, 5) is 16.3. The predicted octanol–water partition coefficient (Wildman–Crippen LogP) is 5.23. The number of alkyl halides is 3. The first-order valence-corrected chi connectivity index (χ1v) is 12.2. The molecule has 0 bridgehead atoms. The van der Waals surface area contributed by atoms with Crippen LogP contribution in [-0.4, -0.2) is 64.6 Å². The molecule has 0 atom stereocenters. The maximum absolute atomic E-state index is 14.9. The summed E-state index contributed by atoms with van der Waals surface area (Å²) >= 11 is 0. The van der Waals surface area contributed by atoms with Crippen molar-refractivity contribution in [3.63, 3.8) is 0 Å². The Hall–Kier alpha value is -4.06. The normalized spacial score (nSPS) is 11.9. The van der Waals surface area contributed by atoms with Crippen molar-refractivity contribution in [2.45, 2.75) is 20.0 Å². The van der Waals surface area contributed by atoms with Crippen LogP contribution in [0.1, 0.15) is 27.2 Å². The Morgan fingerprint density at radius 2 is 1.79 bits per heavy atom. The molecule has 0 unspecified atom stereocenters. The highest BCUT2D eigenvalue weighted by Crippen LogP contribution is 2.37. The molecule has 12 heteroatoms. The zero-order chi connectivity index (χ0) is 28.6. The standard InChI is InChI=1S/C27H31F4N7O/c1-16-7-8-18(11-23(16)38-15-22(34-38)20-14-32-37(6)17(20)2)26(39)33-19-12-21(27(29,30)31)25(28)24(13-19)36(5)10-9-35(3)4/h7-8,11-15,34H,9-10H2,1-6H3,(H,33,39). The van der Waals surface area contributed by atoms with Gasteiger partial charge in [0.05, 0.1) is 35.0 Å². The van der Waals surface area contributed by atoms with Gasteiger partial charge in [0.25, 0.3) is 5.91 Å². The fraction of sp³-hybridized carbons (Fsp3) is 0.333. The number of anilines is 2. The lowest BCUT2D eigenvalue weighted by Crippen LogP contribution is -2.29. The van der Waals surface area contributed by atoms with Gasteiger partial charge in [-0.05, 0) is 57.8 Å². The minimum absolute atomic E-state index is 0.154. The number of carbonyl (C=O) groups is 1. The second kappa shape index (κ2) is 10.6. The van der Waals surface area contributed by atoms with Crippen LogP contribution in [0.2, 0.25) is 0 Å². The number of benzene rings is 2. The molecule has 0 aliphatic heterocycles. The Kier molecular flexibility index (Phi) is 7.60. The third kappa shape index (κ3) is 5.85. The Morgan fingerprint density at radius 3 is 2.38 bits per heavy atom. The number of aryl methyl sites for hydroxylation is 2. The van der Waals surface area contributed by atoms with Crippen LogP contribution in [0, 0.1) is 19.7 Å². The lowest BCUT2D eigenvalue weighted by Gasteiger charge is -2.24. The first-order chi connectivity index (χ1) is 18.3. The van der Waals surface area contributed by atoms with Gasteiger partial charge in [-0.2, -0.15) is 18.3 Å². The van der Waals surface area contributed by atoms with E-state index in [1.165, 1.54) is 18.0 Å². The van der Waals surface area contributed by atoms with Crippen LogP contribution in [0.25, 0.3) is 16.9 Å². The van der Waals surface area contributed by atoms with E-state index in [9.17, 15) is 22.4 Å². The number of aromatic nitrogens is 4. The molecule has 2 aromatic heterocycles. The largest absolute Gasteiger partial charge is 0.419 e. The van der Waals surface area contributed by atoms with Crippen molar-refractivity contribution in [3.8, 4) is 16.9 Å². The van der Waals surface area contributed by atoms with E-state index in [2.05, 4.69) is 15.5 Å². The molecule has 39 heavy (non-hydrogen) atoms. The van der Waals surface area contributed by atoms with E-state index in [1.54, 1.807) is 33.8 Å². The third-order valence-corrected chi connectivity index (χ3v) is 6.67. The molecule has 1 amide bonds. The number of hydrogen-bond donors (Lipinski definition) is 2. The first kappa shape index (κ1) is 28.0. The zero-order valence-electron chi connectivity index (χ0n) is 22.6. The maximum atomic E-state index is 14.9. The molecule has 0 radical (unpaired) electrons. The van der Waals surface area contributed by atoms with Crippen molar-refractivity contribution in [3.05, 3.63) is 70.9 Å². The molecule has 4 aromatic rings. The van der Waals surface area contributed by atoms with Crippen molar-refractivity contribution in [2.24, 2.45) is 7.05 Å². The van der Waals surface area contributed by atoms with Crippen LogP contribution < -0.4 is 10.2 Å². The molecule has 0 fully saturated rings. The smallest absolute Gasteiger partial charge is 0.371 e. The number of H-pyrrole nitrogens is 1. The minimum atomic E-state index is -4.93. The van der Waals surface area contributed by atoms with Gasteiger partial charge in [-0.15, -0.1) is 0 Å². The first-order valence-electron chi connectivity index (χ1n) is 12.2. The Bertz CT molecular complexity index is 1480. The topological polar surface area (TPSA) is 74.1 Å². The van der Waals surface area contributed by atoms with Gasteiger partial charge in [0.2, 0.25) is 0 Å². The Balaban J connectivity index is 1.61. The monoisotopic (exact) mass is 545 g/mol. The molecule has 4 rings (SSSR count). The second-order valence-electron chi connectivity index (χ2n) is 9.83. The van der Waals surface area contributed by atoms with Gasteiger partial charge < -0.3 is 15.1 Å². The van der Waals surface area contributed by atoms with Crippen molar-refractivity contribution in [2.75, 3.05) is 44.4 Å². The van der Waals surface area contributed by atoms with Gasteiger partial charge in [-0.1, -0.05) is 6.07 Å². The number of hydrogen-bond acceptors (Lipinski definition) is 4. The summed E-state index contributed by atoms with van der Waals surface area (Å²) in [5.41, 5.74) is 2.77. The summed E-state index contributed by atoms with van der Waals surface area (Å²) in [5, 5.41) is 9.98. The van der Waals surface area contributed by atoms with Gasteiger partial charge >= 0.3 is 6.18 Å². The highest BCUT2D eigenvalue weighted by molar-refractivity contribution is 6.05. The molecule has 8 nitrogen and oxygen atoms in total. The van der Waals surface area contributed by atoms with E-state index in [-0.39, 0.29) is 23.5 Å². The van der Waals surface area contributed by atoms with Crippen LogP contribution in [0.15, 0.2) is 42.7 Å². The molecular weight excluding hydrogens is 514 g/mol. The summed E-state index contributed by atoms with van der Waals surface area (Å²) in [6.45, 7) is 4.62. The van der Waals surface area contributed by atoms with E-state index in [1.807, 2.05) is 46.1 Å². The van der Waals surface area contributed by atoms with Crippen LogP contribution >= 0.6 is 0 Å². The maximum Gasteiger partial charge on any atom is 0.419 e. The van der Waals surface area contributed by atoms with Crippen molar-refractivity contribution >= 4 is 17.3 Å². The predicted molar refractivity (Wildman–Crippen MR) is 143 cm³/mol. The molecular formula is C27H31F4N7O.